The molecular formula is C13H13ClN2O2S. The summed E-state index contributed by atoms with van der Waals surface area (Å²) in [6, 6.07) is 8.91. The number of fused-ring (bicyclic) bond motifs is 1. The van der Waals surface area contributed by atoms with Crippen molar-refractivity contribution in [3.05, 3.63) is 41.0 Å². The number of benzene rings is 1. The molecule has 0 bridgehead atoms. The number of nitrogens with zero attached hydrogens (tertiary/aromatic N) is 1. The fourth-order valence-corrected chi connectivity index (χ4v) is 2.30. The van der Waals surface area contributed by atoms with Gasteiger partial charge in [0.25, 0.3) is 5.91 Å². The molecule has 2 rings (SSSR count). The average molecular weight is 297 g/mol. The number of hydrogen-bond donors (Lipinski definition) is 1. The Morgan fingerprint density at radius 3 is 2.89 bits per heavy atom. The Morgan fingerprint density at radius 2 is 2.16 bits per heavy atom. The lowest BCUT2D eigenvalue weighted by Crippen LogP contribution is -2.28. The van der Waals surface area contributed by atoms with E-state index in [1.807, 2.05) is 18.2 Å². The van der Waals surface area contributed by atoms with Crippen molar-refractivity contribution in [1.29, 1.82) is 0 Å². The number of para-hydroxylation sites is 1. The third kappa shape index (κ3) is 3.52. The van der Waals surface area contributed by atoms with Gasteiger partial charge >= 0.3 is 0 Å². The molecule has 1 unspecified atom stereocenters. The number of rotatable bonds is 4. The highest BCUT2D eigenvalue weighted by molar-refractivity contribution is 7.84. The van der Waals surface area contributed by atoms with Crippen LogP contribution in [0.1, 0.15) is 10.5 Å². The number of carbonyl (C=O) groups excluding carboxylic acids is 1. The van der Waals surface area contributed by atoms with Gasteiger partial charge in [-0.2, -0.15) is 0 Å². The Balaban J connectivity index is 2.20. The molecule has 6 heteroatoms. The lowest BCUT2D eigenvalue weighted by atomic mass is 10.2. The maximum atomic E-state index is 11.9. The normalized spacial score (nSPS) is 12.3. The highest BCUT2D eigenvalue weighted by atomic mass is 35.5. The average Bonchev–Trinajstić information content (AvgIpc) is 2.38. The largest absolute Gasteiger partial charge is 0.350 e. The van der Waals surface area contributed by atoms with E-state index >= 15 is 0 Å². The number of hydrogen-bond acceptors (Lipinski definition) is 3. The second-order valence-electron chi connectivity index (χ2n) is 4.04. The molecule has 0 radical (unpaired) electrons. The Kier molecular flexibility index (Phi) is 4.50. The van der Waals surface area contributed by atoms with Crippen molar-refractivity contribution < 1.29 is 9.00 Å². The number of aromatic nitrogens is 1. The SMILES string of the molecule is CS(=O)CCNC(=O)c1cc(Cl)c2ccccc2n1. The van der Waals surface area contributed by atoms with Gasteiger partial charge in [0, 0.05) is 34.7 Å². The fourth-order valence-electron chi connectivity index (χ4n) is 1.65. The molecule has 1 amide bonds. The van der Waals surface area contributed by atoms with Gasteiger partial charge < -0.3 is 5.32 Å². The van der Waals surface area contributed by atoms with Crippen LogP contribution in [0.25, 0.3) is 10.9 Å². The van der Waals surface area contributed by atoms with Crippen molar-refractivity contribution in [2.75, 3.05) is 18.6 Å². The highest BCUT2D eigenvalue weighted by Gasteiger charge is 2.10. The second kappa shape index (κ2) is 6.12. The van der Waals surface area contributed by atoms with Crippen molar-refractivity contribution in [2.24, 2.45) is 0 Å². The monoisotopic (exact) mass is 296 g/mol. The first-order valence-corrected chi connectivity index (χ1v) is 7.82. The summed E-state index contributed by atoms with van der Waals surface area (Å²) in [6.07, 6.45) is 1.59. The van der Waals surface area contributed by atoms with Crippen LogP contribution in [-0.4, -0.2) is 33.7 Å². The minimum Gasteiger partial charge on any atom is -0.350 e. The van der Waals surface area contributed by atoms with Gasteiger partial charge in [-0.05, 0) is 12.1 Å². The number of nitrogens with one attached hydrogen (secondary N) is 1. The van der Waals surface area contributed by atoms with Crippen LogP contribution < -0.4 is 5.32 Å². The second-order valence-corrected chi connectivity index (χ2v) is 6.00. The smallest absolute Gasteiger partial charge is 0.269 e. The van der Waals surface area contributed by atoms with E-state index < -0.39 is 10.8 Å². The van der Waals surface area contributed by atoms with Crippen LogP contribution in [0.2, 0.25) is 5.02 Å². The molecule has 0 aliphatic heterocycles. The zero-order valence-electron chi connectivity index (χ0n) is 10.4. The van der Waals surface area contributed by atoms with E-state index in [1.54, 1.807) is 18.4 Å². The highest BCUT2D eigenvalue weighted by Crippen LogP contribution is 2.22. The summed E-state index contributed by atoms with van der Waals surface area (Å²) in [6.45, 7) is 0.355. The molecule has 0 saturated carbocycles. The summed E-state index contributed by atoms with van der Waals surface area (Å²) < 4.78 is 10.9. The Morgan fingerprint density at radius 1 is 1.42 bits per heavy atom. The van der Waals surface area contributed by atoms with Crippen molar-refractivity contribution in [2.45, 2.75) is 0 Å². The topological polar surface area (TPSA) is 59.1 Å². The molecule has 4 nitrogen and oxygen atoms in total. The standard InChI is InChI=1S/C13H13ClN2O2S/c1-19(18)7-6-15-13(17)12-8-10(14)9-4-2-3-5-11(9)16-12/h2-5,8H,6-7H2,1H3,(H,15,17). The first-order valence-electron chi connectivity index (χ1n) is 5.71. The zero-order valence-corrected chi connectivity index (χ0v) is 11.9. The Bertz CT molecular complexity index is 646. The molecule has 19 heavy (non-hydrogen) atoms. The van der Waals surface area contributed by atoms with Crippen molar-refractivity contribution in [3.8, 4) is 0 Å². The minimum absolute atomic E-state index is 0.269. The van der Waals surface area contributed by atoms with Crippen LogP contribution in [0.3, 0.4) is 0 Å². The summed E-state index contributed by atoms with van der Waals surface area (Å²) in [7, 11) is -0.926. The van der Waals surface area contributed by atoms with Crippen LogP contribution in [0.4, 0.5) is 0 Å². The summed E-state index contributed by atoms with van der Waals surface area (Å²) in [5.41, 5.74) is 0.949. The van der Waals surface area contributed by atoms with Gasteiger partial charge in [-0.25, -0.2) is 4.98 Å². The molecule has 0 aliphatic rings. The summed E-state index contributed by atoms with van der Waals surface area (Å²) in [4.78, 5) is 16.2. The van der Waals surface area contributed by atoms with E-state index in [0.29, 0.717) is 22.8 Å². The maximum absolute atomic E-state index is 11.9. The van der Waals surface area contributed by atoms with E-state index in [-0.39, 0.29) is 11.6 Å². The molecule has 0 fully saturated rings. The van der Waals surface area contributed by atoms with Gasteiger partial charge in [-0.3, -0.25) is 9.00 Å². The van der Waals surface area contributed by atoms with Crippen molar-refractivity contribution in [1.82, 2.24) is 10.3 Å². The van der Waals surface area contributed by atoms with Crippen LogP contribution in [0.15, 0.2) is 30.3 Å². The lowest BCUT2D eigenvalue weighted by Gasteiger charge is -2.06. The maximum Gasteiger partial charge on any atom is 0.269 e. The molecule has 1 heterocycles. The Hall–Kier alpha value is -1.46. The minimum atomic E-state index is -0.926. The van der Waals surface area contributed by atoms with E-state index in [0.717, 1.165) is 5.39 Å². The quantitative estimate of drug-likeness (QED) is 0.939. The van der Waals surface area contributed by atoms with Gasteiger partial charge in [0.05, 0.1) is 10.5 Å². The van der Waals surface area contributed by atoms with Crippen LogP contribution in [0, 0.1) is 0 Å². The summed E-state index contributed by atoms with van der Waals surface area (Å²) >= 11 is 6.12. The van der Waals surface area contributed by atoms with Crippen LogP contribution in [0.5, 0.6) is 0 Å². The fraction of sp³-hybridized carbons (Fsp3) is 0.231. The predicted octanol–water partition coefficient (Wildman–Crippen LogP) is 2.00. The molecule has 1 aromatic carbocycles. The van der Waals surface area contributed by atoms with Gasteiger partial charge in [-0.1, -0.05) is 29.8 Å². The first kappa shape index (κ1) is 14.0. The molecule has 2 aromatic rings. The number of pyridine rings is 1. The zero-order chi connectivity index (χ0) is 13.8. The molecule has 1 atom stereocenters. The van der Waals surface area contributed by atoms with E-state index in [2.05, 4.69) is 10.3 Å². The van der Waals surface area contributed by atoms with Crippen LogP contribution >= 0.6 is 11.6 Å². The Labute approximate surface area is 118 Å². The molecule has 1 N–H and O–H groups in total. The molecule has 1 aromatic heterocycles. The lowest BCUT2D eigenvalue weighted by molar-refractivity contribution is 0.0951. The third-order valence-electron chi connectivity index (χ3n) is 2.57. The van der Waals surface area contributed by atoms with Gasteiger partial charge in [0.1, 0.15) is 5.69 Å². The molecule has 0 saturated heterocycles. The third-order valence-corrected chi connectivity index (χ3v) is 3.67. The predicted molar refractivity (Wildman–Crippen MR) is 78.0 cm³/mol. The number of carbonyl (C=O) groups is 1. The van der Waals surface area contributed by atoms with Crippen LogP contribution in [-0.2, 0) is 10.8 Å². The molecular weight excluding hydrogens is 284 g/mol. The van der Waals surface area contributed by atoms with Crippen molar-refractivity contribution >= 4 is 39.2 Å². The van der Waals surface area contributed by atoms with E-state index in [4.69, 9.17) is 11.6 Å². The van der Waals surface area contributed by atoms with Crippen molar-refractivity contribution in [3.63, 3.8) is 0 Å². The molecule has 0 spiro atoms. The number of halogens is 1. The molecule has 100 valence electrons. The summed E-state index contributed by atoms with van der Waals surface area (Å²) in [5, 5.41) is 3.98. The number of amides is 1. The van der Waals surface area contributed by atoms with Gasteiger partial charge in [-0.15, -0.1) is 0 Å². The van der Waals surface area contributed by atoms with Gasteiger partial charge in [0.15, 0.2) is 0 Å². The van der Waals surface area contributed by atoms with Gasteiger partial charge in [0.2, 0.25) is 0 Å². The molecule has 0 aliphatic carbocycles. The summed E-state index contributed by atoms with van der Waals surface area (Å²) in [5.74, 6) is 0.116. The first-order chi connectivity index (χ1) is 9.08. The van der Waals surface area contributed by atoms with E-state index in [1.165, 1.54) is 0 Å². The van der Waals surface area contributed by atoms with E-state index in [9.17, 15) is 9.00 Å².